The highest BCUT2D eigenvalue weighted by Crippen LogP contribution is 2.31. The van der Waals surface area contributed by atoms with Gasteiger partial charge >= 0.3 is 0 Å². The molecule has 108 valence electrons. The molecule has 3 rings (SSSR count). The molecule has 0 spiro atoms. The minimum absolute atomic E-state index is 0.828. The Bertz CT molecular complexity index is 777. The highest BCUT2D eigenvalue weighted by Gasteiger charge is 2.13. The van der Waals surface area contributed by atoms with Crippen LogP contribution in [0.5, 0.6) is 0 Å². The van der Waals surface area contributed by atoms with Crippen LogP contribution < -0.4 is 5.32 Å². The molecule has 21 heavy (non-hydrogen) atoms. The molecule has 0 radical (unpaired) electrons. The Morgan fingerprint density at radius 2 is 2.00 bits per heavy atom. The molecule has 0 amide bonds. The van der Waals surface area contributed by atoms with Crippen molar-refractivity contribution in [3.63, 3.8) is 0 Å². The first-order chi connectivity index (χ1) is 10.2. The predicted octanol–water partition coefficient (Wildman–Crippen LogP) is 4.66. The van der Waals surface area contributed by atoms with Gasteiger partial charge in [0.25, 0.3) is 0 Å². The van der Waals surface area contributed by atoms with Gasteiger partial charge in [0.1, 0.15) is 5.82 Å². The average molecular weight is 297 g/mol. The summed E-state index contributed by atoms with van der Waals surface area (Å²) >= 11 is 1.71. The van der Waals surface area contributed by atoms with E-state index in [9.17, 15) is 0 Å². The van der Waals surface area contributed by atoms with E-state index in [0.29, 0.717) is 0 Å². The summed E-state index contributed by atoms with van der Waals surface area (Å²) in [7, 11) is 0. The van der Waals surface area contributed by atoms with E-state index in [1.54, 1.807) is 11.3 Å². The number of nitrogens with one attached hydrogen (secondary N) is 1. The predicted molar refractivity (Wildman–Crippen MR) is 91.1 cm³/mol. The van der Waals surface area contributed by atoms with Crippen LogP contribution >= 0.6 is 11.3 Å². The third-order valence-corrected chi connectivity index (χ3v) is 4.48. The maximum absolute atomic E-state index is 4.77. The van der Waals surface area contributed by atoms with E-state index in [1.165, 1.54) is 16.0 Å². The van der Waals surface area contributed by atoms with Crippen molar-refractivity contribution in [2.45, 2.75) is 27.2 Å². The minimum atomic E-state index is 0.828. The summed E-state index contributed by atoms with van der Waals surface area (Å²) in [5.41, 5.74) is 3.54. The van der Waals surface area contributed by atoms with Gasteiger partial charge in [-0.3, -0.25) is 0 Å². The number of aromatic nitrogens is 2. The maximum Gasteiger partial charge on any atom is 0.172 e. The van der Waals surface area contributed by atoms with Crippen molar-refractivity contribution < 1.29 is 0 Å². The quantitative estimate of drug-likeness (QED) is 0.761. The van der Waals surface area contributed by atoms with Crippen molar-refractivity contribution in [2.75, 3.05) is 11.9 Å². The first kappa shape index (κ1) is 14.0. The van der Waals surface area contributed by atoms with Crippen LogP contribution in [0.3, 0.4) is 0 Å². The highest BCUT2D eigenvalue weighted by molar-refractivity contribution is 7.13. The van der Waals surface area contributed by atoms with E-state index < -0.39 is 0 Å². The molecule has 0 bridgehead atoms. The van der Waals surface area contributed by atoms with Crippen LogP contribution in [-0.4, -0.2) is 16.5 Å². The molecule has 0 aliphatic rings. The Morgan fingerprint density at radius 1 is 1.14 bits per heavy atom. The Hall–Kier alpha value is -1.94. The van der Waals surface area contributed by atoms with Gasteiger partial charge in [0.05, 0.1) is 10.4 Å². The lowest BCUT2D eigenvalue weighted by Crippen LogP contribution is -2.03. The van der Waals surface area contributed by atoms with Gasteiger partial charge in [-0.2, -0.15) is 0 Å². The molecule has 2 heterocycles. The number of thiophene rings is 1. The summed E-state index contributed by atoms with van der Waals surface area (Å²) in [6, 6.07) is 8.49. The van der Waals surface area contributed by atoms with Crippen molar-refractivity contribution in [1.82, 2.24) is 9.97 Å². The Morgan fingerprint density at radius 3 is 2.76 bits per heavy atom. The van der Waals surface area contributed by atoms with Crippen LogP contribution in [0.1, 0.15) is 25.0 Å². The lowest BCUT2D eigenvalue weighted by atomic mass is 10.1. The Balaban J connectivity index is 2.23. The van der Waals surface area contributed by atoms with Crippen molar-refractivity contribution >= 4 is 28.1 Å². The molecule has 0 saturated carbocycles. The lowest BCUT2D eigenvalue weighted by molar-refractivity contribution is 1.12. The van der Waals surface area contributed by atoms with Gasteiger partial charge in [0.15, 0.2) is 5.82 Å². The largest absolute Gasteiger partial charge is 0.370 e. The van der Waals surface area contributed by atoms with Gasteiger partial charge in [-0.15, -0.1) is 11.3 Å². The van der Waals surface area contributed by atoms with Gasteiger partial charge in [-0.05, 0) is 49.4 Å². The molecule has 0 aliphatic heterocycles. The topological polar surface area (TPSA) is 37.8 Å². The van der Waals surface area contributed by atoms with E-state index in [2.05, 4.69) is 55.7 Å². The number of nitrogens with zero attached hydrogens (tertiary/aromatic N) is 2. The molecule has 0 saturated heterocycles. The molecule has 2 aromatic heterocycles. The summed E-state index contributed by atoms with van der Waals surface area (Å²) in [6.45, 7) is 7.20. The summed E-state index contributed by atoms with van der Waals surface area (Å²) in [4.78, 5) is 10.7. The fraction of sp³-hybridized carbons (Fsp3) is 0.294. The normalized spacial score (nSPS) is 11.0. The third-order valence-electron chi connectivity index (χ3n) is 3.53. The zero-order chi connectivity index (χ0) is 14.8. The van der Waals surface area contributed by atoms with Crippen LogP contribution in [0.15, 0.2) is 29.6 Å². The molecule has 0 atom stereocenters. The summed E-state index contributed by atoms with van der Waals surface area (Å²) in [5.74, 6) is 1.76. The van der Waals surface area contributed by atoms with Gasteiger partial charge in [0.2, 0.25) is 0 Å². The Labute approximate surface area is 129 Å². The van der Waals surface area contributed by atoms with Crippen LogP contribution in [0.4, 0.5) is 5.82 Å². The number of hydrogen-bond acceptors (Lipinski definition) is 4. The smallest absolute Gasteiger partial charge is 0.172 e. The molecule has 1 aromatic carbocycles. The highest BCUT2D eigenvalue weighted by atomic mass is 32.1. The fourth-order valence-electron chi connectivity index (χ4n) is 2.46. The molecule has 3 aromatic rings. The number of benzene rings is 1. The number of fused-ring (bicyclic) bond motifs is 1. The van der Waals surface area contributed by atoms with Crippen LogP contribution in [0, 0.1) is 6.92 Å². The lowest BCUT2D eigenvalue weighted by Gasteiger charge is -2.10. The second kappa shape index (κ2) is 5.82. The van der Waals surface area contributed by atoms with Gasteiger partial charge < -0.3 is 5.32 Å². The average Bonchev–Trinajstić information content (AvgIpc) is 2.96. The van der Waals surface area contributed by atoms with Gasteiger partial charge in [-0.1, -0.05) is 18.6 Å². The molecule has 0 fully saturated rings. The molecule has 1 N–H and O–H groups in total. The van der Waals surface area contributed by atoms with E-state index in [1.807, 2.05) is 0 Å². The molecular formula is C17H19N3S. The van der Waals surface area contributed by atoms with Gasteiger partial charge in [0, 0.05) is 11.9 Å². The first-order valence-electron chi connectivity index (χ1n) is 7.32. The minimum Gasteiger partial charge on any atom is -0.370 e. The fourth-order valence-corrected chi connectivity index (χ4v) is 3.39. The van der Waals surface area contributed by atoms with Crippen molar-refractivity contribution in [2.24, 2.45) is 0 Å². The molecule has 0 unspecified atom stereocenters. The van der Waals surface area contributed by atoms with Crippen molar-refractivity contribution in [3.8, 4) is 10.7 Å². The van der Waals surface area contributed by atoms with Crippen LogP contribution in [0.2, 0.25) is 0 Å². The maximum atomic E-state index is 4.77. The number of hydrogen-bond donors (Lipinski definition) is 1. The van der Waals surface area contributed by atoms with Crippen LogP contribution in [-0.2, 0) is 6.42 Å². The van der Waals surface area contributed by atoms with E-state index >= 15 is 0 Å². The molecule has 4 heteroatoms. The monoisotopic (exact) mass is 297 g/mol. The summed E-state index contributed by atoms with van der Waals surface area (Å²) in [6.07, 6.45) is 1.00. The van der Waals surface area contributed by atoms with Crippen molar-refractivity contribution in [3.05, 3.63) is 40.8 Å². The molecule has 0 aliphatic carbocycles. The SMILES string of the molecule is CCNc1nc(-c2sccc2CC)nc2ccc(C)cc12. The summed E-state index contributed by atoms with van der Waals surface area (Å²) in [5, 5.41) is 6.58. The second-order valence-electron chi connectivity index (χ2n) is 5.08. The van der Waals surface area contributed by atoms with E-state index in [-0.39, 0.29) is 0 Å². The number of rotatable bonds is 4. The zero-order valence-corrected chi connectivity index (χ0v) is 13.4. The third kappa shape index (κ3) is 2.63. The van der Waals surface area contributed by atoms with Crippen molar-refractivity contribution in [1.29, 1.82) is 0 Å². The second-order valence-corrected chi connectivity index (χ2v) is 5.99. The van der Waals surface area contributed by atoms with E-state index in [4.69, 9.17) is 9.97 Å². The number of anilines is 1. The molecule has 3 nitrogen and oxygen atoms in total. The first-order valence-corrected chi connectivity index (χ1v) is 8.20. The standard InChI is InChI=1S/C17H19N3S/c1-4-12-8-9-21-15(12)17-19-14-7-6-11(3)10-13(14)16(20-17)18-5-2/h6-10H,4-5H2,1-3H3,(H,18,19,20). The number of aryl methyl sites for hydroxylation is 2. The Kier molecular flexibility index (Phi) is 3.88. The summed E-state index contributed by atoms with van der Waals surface area (Å²) < 4.78 is 0. The van der Waals surface area contributed by atoms with Gasteiger partial charge in [-0.25, -0.2) is 9.97 Å². The van der Waals surface area contributed by atoms with E-state index in [0.717, 1.165) is 35.5 Å². The molecular weight excluding hydrogens is 278 g/mol. The van der Waals surface area contributed by atoms with Crippen LogP contribution in [0.25, 0.3) is 21.6 Å². The zero-order valence-electron chi connectivity index (χ0n) is 12.6.